The Morgan fingerprint density at radius 2 is 1.73 bits per heavy atom. The zero-order valence-corrected chi connectivity index (χ0v) is 21.5. The summed E-state index contributed by atoms with van der Waals surface area (Å²) in [5.41, 5.74) is 0.579. The van der Waals surface area contributed by atoms with E-state index in [1.165, 1.54) is 25.3 Å². The topological polar surface area (TPSA) is 78.7 Å². The van der Waals surface area contributed by atoms with Crippen LogP contribution in [0.2, 0.25) is 0 Å². The highest BCUT2D eigenvalue weighted by atomic mass is 16.6. The van der Waals surface area contributed by atoms with Crippen molar-refractivity contribution in [3.63, 3.8) is 0 Å². The predicted octanol–water partition coefficient (Wildman–Crippen LogP) is 5.30. The SMILES string of the molecule is CC(C)CN(CC(C)C)C(=O)C(C)(C)c1ccc([N+](=O)[O-])c(NCCCN2CCCCC2)c1. The first kappa shape index (κ1) is 27.1. The van der Waals surface area contributed by atoms with Gasteiger partial charge in [-0.25, -0.2) is 0 Å². The van der Waals surface area contributed by atoms with E-state index in [1.54, 1.807) is 12.1 Å². The van der Waals surface area contributed by atoms with Crippen LogP contribution in [0.25, 0.3) is 0 Å². The van der Waals surface area contributed by atoms with Gasteiger partial charge in [0.15, 0.2) is 0 Å². The first-order valence-electron chi connectivity index (χ1n) is 12.6. The summed E-state index contributed by atoms with van der Waals surface area (Å²) in [6.45, 7) is 17.7. The van der Waals surface area contributed by atoms with E-state index in [2.05, 4.69) is 37.9 Å². The van der Waals surface area contributed by atoms with Crippen LogP contribution >= 0.6 is 0 Å². The van der Waals surface area contributed by atoms with Gasteiger partial charge in [0.2, 0.25) is 5.91 Å². The van der Waals surface area contributed by atoms with E-state index in [-0.39, 0.29) is 16.5 Å². The van der Waals surface area contributed by atoms with Gasteiger partial charge in [-0.15, -0.1) is 0 Å². The van der Waals surface area contributed by atoms with Crippen LogP contribution in [0.15, 0.2) is 18.2 Å². The standard InChI is InChI=1S/C26H44N4O3/c1-20(2)18-29(19-21(3)4)25(31)26(5,6)22-11-12-24(30(32)33)23(17-22)27-13-10-16-28-14-8-7-9-15-28/h11-12,17,20-21,27H,7-10,13-16,18-19H2,1-6H3. The van der Waals surface area contributed by atoms with Crippen LogP contribution in [-0.2, 0) is 10.2 Å². The third kappa shape index (κ3) is 7.98. The molecule has 0 aromatic heterocycles. The zero-order valence-electron chi connectivity index (χ0n) is 21.5. The van der Waals surface area contributed by atoms with E-state index in [4.69, 9.17) is 0 Å². The minimum Gasteiger partial charge on any atom is -0.379 e. The lowest BCUT2D eigenvalue weighted by Crippen LogP contribution is -2.46. The fraction of sp³-hybridized carbons (Fsp3) is 0.731. The van der Waals surface area contributed by atoms with Crippen molar-refractivity contribution in [1.82, 2.24) is 9.80 Å². The summed E-state index contributed by atoms with van der Waals surface area (Å²) in [4.78, 5) is 29.3. The highest BCUT2D eigenvalue weighted by Gasteiger charge is 2.35. The Hall–Kier alpha value is -2.15. The minimum atomic E-state index is -0.775. The second-order valence-corrected chi connectivity index (χ2v) is 10.8. The van der Waals surface area contributed by atoms with Gasteiger partial charge in [-0.05, 0) is 76.2 Å². The summed E-state index contributed by atoms with van der Waals surface area (Å²) < 4.78 is 0. The molecule has 1 fully saturated rings. The number of amides is 1. The van der Waals surface area contributed by atoms with Crippen LogP contribution in [-0.4, -0.2) is 59.9 Å². The lowest BCUT2D eigenvalue weighted by atomic mass is 9.82. The van der Waals surface area contributed by atoms with Gasteiger partial charge in [-0.1, -0.05) is 40.2 Å². The molecule has 7 heteroatoms. The third-order valence-electron chi connectivity index (χ3n) is 6.32. The van der Waals surface area contributed by atoms with Crippen molar-refractivity contribution >= 4 is 17.3 Å². The number of benzene rings is 1. The van der Waals surface area contributed by atoms with Crippen LogP contribution in [0.5, 0.6) is 0 Å². The van der Waals surface area contributed by atoms with Crippen molar-refractivity contribution < 1.29 is 9.72 Å². The molecule has 0 spiro atoms. The van der Waals surface area contributed by atoms with E-state index < -0.39 is 5.41 Å². The molecule has 7 nitrogen and oxygen atoms in total. The number of likely N-dealkylation sites (tertiary alicyclic amines) is 1. The van der Waals surface area contributed by atoms with E-state index in [0.29, 0.717) is 37.2 Å². The average Bonchev–Trinajstić information content (AvgIpc) is 2.75. The Morgan fingerprint density at radius 3 is 2.27 bits per heavy atom. The number of nitrogens with zero attached hydrogens (tertiary/aromatic N) is 3. The summed E-state index contributed by atoms with van der Waals surface area (Å²) in [6, 6.07) is 5.07. The van der Waals surface area contributed by atoms with Gasteiger partial charge in [0.05, 0.1) is 10.3 Å². The Bertz CT molecular complexity index is 776. The van der Waals surface area contributed by atoms with Crippen LogP contribution in [0.3, 0.4) is 0 Å². The van der Waals surface area contributed by atoms with E-state index in [9.17, 15) is 14.9 Å². The van der Waals surface area contributed by atoms with Crippen LogP contribution in [0, 0.1) is 22.0 Å². The van der Waals surface area contributed by atoms with Crippen molar-refractivity contribution in [3.05, 3.63) is 33.9 Å². The smallest absolute Gasteiger partial charge is 0.292 e. The van der Waals surface area contributed by atoms with E-state index >= 15 is 0 Å². The van der Waals surface area contributed by atoms with Crippen molar-refractivity contribution in [3.8, 4) is 0 Å². The summed E-state index contributed by atoms with van der Waals surface area (Å²) in [5, 5.41) is 14.9. The molecule has 0 radical (unpaired) electrons. The van der Waals surface area contributed by atoms with E-state index in [0.717, 1.165) is 31.6 Å². The molecule has 0 saturated carbocycles. The number of nitrogens with one attached hydrogen (secondary N) is 1. The Balaban J connectivity index is 2.16. The molecule has 1 aliphatic heterocycles. The molecule has 1 aliphatic rings. The molecular weight excluding hydrogens is 416 g/mol. The average molecular weight is 461 g/mol. The van der Waals surface area contributed by atoms with Gasteiger partial charge >= 0.3 is 0 Å². The number of carbonyl (C=O) groups is 1. The molecule has 1 heterocycles. The molecule has 1 amide bonds. The number of nitro groups is 1. The normalized spacial score (nSPS) is 15.2. The molecular formula is C26H44N4O3. The van der Waals surface area contributed by atoms with Crippen LogP contribution in [0.1, 0.15) is 72.8 Å². The number of anilines is 1. The molecule has 0 unspecified atom stereocenters. The molecule has 0 bridgehead atoms. The molecule has 33 heavy (non-hydrogen) atoms. The zero-order chi connectivity index (χ0) is 24.6. The fourth-order valence-corrected chi connectivity index (χ4v) is 4.57. The number of carbonyl (C=O) groups excluding carboxylic acids is 1. The molecule has 1 N–H and O–H groups in total. The minimum absolute atomic E-state index is 0.0567. The maximum absolute atomic E-state index is 13.6. The Morgan fingerprint density at radius 1 is 1.12 bits per heavy atom. The molecule has 1 aromatic rings. The van der Waals surface area contributed by atoms with Crippen molar-refractivity contribution in [2.24, 2.45) is 11.8 Å². The number of hydrogen-bond acceptors (Lipinski definition) is 5. The van der Waals surface area contributed by atoms with Gasteiger partial charge in [-0.2, -0.15) is 0 Å². The Labute approximate surface area is 200 Å². The summed E-state index contributed by atoms with van der Waals surface area (Å²) in [7, 11) is 0. The lowest BCUT2D eigenvalue weighted by molar-refractivity contribution is -0.384. The predicted molar refractivity (Wildman–Crippen MR) is 136 cm³/mol. The van der Waals surface area contributed by atoms with Gasteiger partial charge in [-0.3, -0.25) is 14.9 Å². The van der Waals surface area contributed by atoms with Crippen molar-refractivity contribution in [1.29, 1.82) is 0 Å². The molecule has 1 aromatic carbocycles. The molecule has 186 valence electrons. The number of piperidine rings is 1. The van der Waals surface area contributed by atoms with Gasteiger partial charge in [0.1, 0.15) is 5.69 Å². The fourth-order valence-electron chi connectivity index (χ4n) is 4.57. The van der Waals surface area contributed by atoms with Crippen molar-refractivity contribution in [2.45, 2.75) is 72.6 Å². The number of hydrogen-bond donors (Lipinski definition) is 1. The number of rotatable bonds is 12. The number of nitro benzene ring substituents is 1. The monoisotopic (exact) mass is 460 g/mol. The highest BCUT2D eigenvalue weighted by molar-refractivity contribution is 5.88. The lowest BCUT2D eigenvalue weighted by Gasteiger charge is -2.34. The third-order valence-corrected chi connectivity index (χ3v) is 6.32. The van der Waals surface area contributed by atoms with Gasteiger partial charge in [0, 0.05) is 25.7 Å². The summed E-state index contributed by atoms with van der Waals surface area (Å²) in [5.74, 6) is 0.810. The largest absolute Gasteiger partial charge is 0.379 e. The first-order chi connectivity index (χ1) is 15.5. The van der Waals surface area contributed by atoms with Crippen LogP contribution in [0.4, 0.5) is 11.4 Å². The first-order valence-corrected chi connectivity index (χ1v) is 12.6. The van der Waals surface area contributed by atoms with Crippen LogP contribution < -0.4 is 5.32 Å². The second kappa shape index (κ2) is 12.4. The summed E-state index contributed by atoms with van der Waals surface area (Å²) in [6.07, 6.45) is 4.76. The molecule has 0 atom stereocenters. The quantitative estimate of drug-likeness (QED) is 0.260. The second-order valence-electron chi connectivity index (χ2n) is 10.8. The molecule has 2 rings (SSSR count). The molecule has 1 saturated heterocycles. The highest BCUT2D eigenvalue weighted by Crippen LogP contribution is 2.33. The van der Waals surface area contributed by atoms with Crippen molar-refractivity contribution in [2.75, 3.05) is 44.6 Å². The Kier molecular flexibility index (Phi) is 10.1. The maximum Gasteiger partial charge on any atom is 0.292 e. The maximum atomic E-state index is 13.6. The molecule has 0 aliphatic carbocycles. The van der Waals surface area contributed by atoms with Gasteiger partial charge in [0.25, 0.3) is 5.69 Å². The van der Waals surface area contributed by atoms with Gasteiger partial charge < -0.3 is 15.1 Å². The van der Waals surface area contributed by atoms with E-state index in [1.807, 2.05) is 18.7 Å². The summed E-state index contributed by atoms with van der Waals surface area (Å²) >= 11 is 0.